The third-order valence-corrected chi connectivity index (χ3v) is 4.71. The van der Waals surface area contributed by atoms with Gasteiger partial charge < -0.3 is 9.88 Å². The summed E-state index contributed by atoms with van der Waals surface area (Å²) in [6.45, 7) is 1.94. The van der Waals surface area contributed by atoms with Crippen LogP contribution in [0.4, 0.5) is 11.6 Å². The number of anilines is 1. The Balaban J connectivity index is 1.84. The van der Waals surface area contributed by atoms with Crippen LogP contribution in [-0.4, -0.2) is 33.3 Å². The molecule has 1 saturated heterocycles. The Bertz CT molecular complexity index is 634. The normalized spacial score (nSPS) is 16.8. The third-order valence-electron chi connectivity index (χ3n) is 3.80. The Morgan fingerprint density at radius 3 is 2.85 bits per heavy atom. The van der Waals surface area contributed by atoms with Gasteiger partial charge in [-0.25, -0.2) is 4.98 Å². The second-order valence-electron chi connectivity index (χ2n) is 5.10. The number of non-ortho nitro benzene ring substituents is 1. The molecule has 0 bridgehead atoms. The molecule has 2 aromatic rings. The van der Waals surface area contributed by atoms with E-state index in [0.717, 1.165) is 54.2 Å². The lowest BCUT2D eigenvalue weighted by atomic mass is 10.00. The van der Waals surface area contributed by atoms with E-state index < -0.39 is 0 Å². The van der Waals surface area contributed by atoms with E-state index in [1.807, 2.05) is 0 Å². The molecule has 106 valence electrons. The number of alkyl halides is 1. The second-order valence-corrected chi connectivity index (χ2v) is 5.75. The lowest BCUT2D eigenvalue weighted by Crippen LogP contribution is -2.34. The van der Waals surface area contributed by atoms with Gasteiger partial charge in [0, 0.05) is 30.6 Å². The van der Waals surface area contributed by atoms with Gasteiger partial charge in [0.15, 0.2) is 0 Å². The van der Waals surface area contributed by atoms with Gasteiger partial charge in [0.05, 0.1) is 16.0 Å². The van der Waals surface area contributed by atoms with Gasteiger partial charge in [-0.2, -0.15) is 0 Å². The maximum atomic E-state index is 10.8. The smallest absolute Gasteiger partial charge is 0.271 e. The van der Waals surface area contributed by atoms with Crippen molar-refractivity contribution < 1.29 is 4.92 Å². The van der Waals surface area contributed by atoms with Crippen LogP contribution in [0, 0.1) is 16.0 Å². The van der Waals surface area contributed by atoms with Crippen LogP contribution < -0.4 is 4.90 Å². The van der Waals surface area contributed by atoms with Crippen molar-refractivity contribution >= 4 is 38.6 Å². The number of aromatic nitrogens is 2. The first kappa shape index (κ1) is 13.4. The van der Waals surface area contributed by atoms with Crippen molar-refractivity contribution in [2.24, 2.45) is 5.92 Å². The summed E-state index contributed by atoms with van der Waals surface area (Å²) in [4.78, 5) is 20.3. The average Bonchev–Trinajstić information content (AvgIpc) is 2.90. The van der Waals surface area contributed by atoms with Crippen LogP contribution in [0.25, 0.3) is 11.0 Å². The molecule has 1 aromatic carbocycles. The van der Waals surface area contributed by atoms with E-state index in [4.69, 9.17) is 0 Å². The topological polar surface area (TPSA) is 75.1 Å². The van der Waals surface area contributed by atoms with E-state index in [-0.39, 0.29) is 10.6 Å². The first-order valence-electron chi connectivity index (χ1n) is 6.62. The first-order valence-corrected chi connectivity index (χ1v) is 7.74. The number of H-pyrrole nitrogens is 1. The van der Waals surface area contributed by atoms with Gasteiger partial charge in [-0.3, -0.25) is 10.1 Å². The molecule has 1 fully saturated rings. The molecule has 20 heavy (non-hydrogen) atoms. The highest BCUT2D eigenvalue weighted by molar-refractivity contribution is 9.09. The number of aromatic amines is 1. The minimum Gasteiger partial charge on any atom is -0.342 e. The van der Waals surface area contributed by atoms with Crippen molar-refractivity contribution in [2.75, 3.05) is 23.3 Å². The number of nitrogens with one attached hydrogen (secondary N) is 1. The Labute approximate surface area is 124 Å². The molecule has 3 rings (SSSR count). The van der Waals surface area contributed by atoms with Crippen molar-refractivity contribution in [1.82, 2.24) is 9.97 Å². The molecule has 0 aliphatic carbocycles. The lowest BCUT2D eigenvalue weighted by Gasteiger charge is -2.30. The van der Waals surface area contributed by atoms with Crippen molar-refractivity contribution in [2.45, 2.75) is 12.8 Å². The summed E-state index contributed by atoms with van der Waals surface area (Å²) in [5.74, 6) is 1.55. The van der Waals surface area contributed by atoms with Crippen LogP contribution in [0.2, 0.25) is 0 Å². The number of hydrogen-bond acceptors (Lipinski definition) is 4. The monoisotopic (exact) mass is 338 g/mol. The molecule has 0 saturated carbocycles. The molecule has 1 aliphatic heterocycles. The Kier molecular flexibility index (Phi) is 3.60. The molecular weight excluding hydrogens is 324 g/mol. The lowest BCUT2D eigenvalue weighted by molar-refractivity contribution is -0.384. The predicted molar refractivity (Wildman–Crippen MR) is 81.5 cm³/mol. The average molecular weight is 339 g/mol. The minimum absolute atomic E-state index is 0.0886. The van der Waals surface area contributed by atoms with Crippen molar-refractivity contribution in [3.8, 4) is 0 Å². The molecule has 6 nitrogen and oxygen atoms in total. The number of halogens is 1. The Hall–Kier alpha value is -1.63. The molecule has 0 unspecified atom stereocenters. The largest absolute Gasteiger partial charge is 0.342 e. The molecule has 0 spiro atoms. The highest BCUT2D eigenvalue weighted by Crippen LogP contribution is 2.26. The number of imidazole rings is 1. The first-order chi connectivity index (χ1) is 9.67. The zero-order valence-electron chi connectivity index (χ0n) is 10.9. The van der Waals surface area contributed by atoms with E-state index in [1.54, 1.807) is 6.07 Å². The molecule has 7 heteroatoms. The maximum absolute atomic E-state index is 10.8. The van der Waals surface area contributed by atoms with E-state index in [0.29, 0.717) is 0 Å². The van der Waals surface area contributed by atoms with E-state index in [9.17, 15) is 10.1 Å². The van der Waals surface area contributed by atoms with Crippen molar-refractivity contribution in [3.05, 3.63) is 28.3 Å². The number of piperidine rings is 1. The standard InChI is InChI=1S/C13H15BrN4O2/c14-8-9-3-5-17(6-4-9)13-15-11-2-1-10(18(19)20)7-12(11)16-13/h1-2,7,9H,3-6,8H2,(H,15,16). The van der Waals surface area contributed by atoms with Crippen molar-refractivity contribution in [1.29, 1.82) is 0 Å². The van der Waals surface area contributed by atoms with Crippen LogP contribution >= 0.6 is 15.9 Å². The second kappa shape index (κ2) is 5.40. The van der Waals surface area contributed by atoms with Gasteiger partial charge >= 0.3 is 0 Å². The van der Waals surface area contributed by atoms with Gasteiger partial charge in [-0.1, -0.05) is 15.9 Å². The fraction of sp³-hybridized carbons (Fsp3) is 0.462. The number of fused-ring (bicyclic) bond motifs is 1. The highest BCUT2D eigenvalue weighted by atomic mass is 79.9. The number of nitrogens with zero attached hydrogens (tertiary/aromatic N) is 3. The predicted octanol–water partition coefficient (Wildman–Crippen LogP) is 3.08. The van der Waals surface area contributed by atoms with Crippen molar-refractivity contribution in [3.63, 3.8) is 0 Å². The quantitative estimate of drug-likeness (QED) is 0.530. The third kappa shape index (κ3) is 2.49. The molecule has 1 aromatic heterocycles. The number of nitro groups is 1. The van der Waals surface area contributed by atoms with E-state index in [2.05, 4.69) is 30.8 Å². The summed E-state index contributed by atoms with van der Waals surface area (Å²) in [6.07, 6.45) is 2.28. The van der Waals surface area contributed by atoms with E-state index >= 15 is 0 Å². The van der Waals surface area contributed by atoms with Gasteiger partial charge in [-0.15, -0.1) is 0 Å². The van der Waals surface area contributed by atoms with Crippen LogP contribution in [0.3, 0.4) is 0 Å². The van der Waals surface area contributed by atoms with Crippen LogP contribution in [0.5, 0.6) is 0 Å². The van der Waals surface area contributed by atoms with Gasteiger partial charge in [0.1, 0.15) is 0 Å². The fourth-order valence-corrected chi connectivity index (χ4v) is 3.19. The summed E-state index contributed by atoms with van der Waals surface area (Å²) < 4.78 is 0. The highest BCUT2D eigenvalue weighted by Gasteiger charge is 2.21. The minimum atomic E-state index is -0.387. The number of nitro benzene ring substituents is 1. The zero-order valence-corrected chi connectivity index (χ0v) is 12.5. The van der Waals surface area contributed by atoms with E-state index in [1.165, 1.54) is 12.1 Å². The zero-order chi connectivity index (χ0) is 14.1. The number of hydrogen-bond donors (Lipinski definition) is 1. The summed E-state index contributed by atoms with van der Waals surface area (Å²) in [7, 11) is 0. The maximum Gasteiger partial charge on any atom is 0.271 e. The number of benzene rings is 1. The molecule has 0 atom stereocenters. The molecule has 0 radical (unpaired) electrons. The summed E-state index contributed by atoms with van der Waals surface area (Å²) >= 11 is 3.53. The molecular formula is C13H15BrN4O2. The van der Waals surface area contributed by atoms with Crippen LogP contribution in [0.15, 0.2) is 18.2 Å². The molecule has 1 aliphatic rings. The number of rotatable bonds is 3. The molecule has 1 N–H and O–H groups in total. The Morgan fingerprint density at radius 1 is 1.45 bits per heavy atom. The Morgan fingerprint density at radius 2 is 2.20 bits per heavy atom. The van der Waals surface area contributed by atoms with Gasteiger partial charge in [0.25, 0.3) is 5.69 Å². The fourth-order valence-electron chi connectivity index (χ4n) is 2.55. The molecule has 2 heterocycles. The SMILES string of the molecule is O=[N+]([O-])c1ccc2nc(N3CCC(CBr)CC3)[nH]c2c1. The summed E-state index contributed by atoms with van der Waals surface area (Å²) in [5.41, 5.74) is 1.58. The summed E-state index contributed by atoms with van der Waals surface area (Å²) in [5, 5.41) is 11.8. The molecule has 0 amide bonds. The van der Waals surface area contributed by atoms with Crippen LogP contribution in [0.1, 0.15) is 12.8 Å². The van der Waals surface area contributed by atoms with Crippen LogP contribution in [-0.2, 0) is 0 Å². The van der Waals surface area contributed by atoms with Gasteiger partial charge in [0.2, 0.25) is 5.95 Å². The summed E-state index contributed by atoms with van der Waals surface area (Å²) in [6, 6.07) is 4.72. The van der Waals surface area contributed by atoms with Gasteiger partial charge in [-0.05, 0) is 24.8 Å².